The fraction of sp³-hybridized carbons (Fsp3) is 0.0500. The van der Waals surface area contributed by atoms with Gasteiger partial charge in [0.05, 0.1) is 22.4 Å². The van der Waals surface area contributed by atoms with E-state index in [2.05, 4.69) is 163 Å². The first-order chi connectivity index (χ1) is 32.5. The topological polar surface area (TPSA) is 60.0 Å². The van der Waals surface area contributed by atoms with Crippen LogP contribution in [0.5, 0.6) is 0 Å². The monoisotopic (exact) mass is 847 g/mol. The molecule has 0 saturated carbocycles. The molecular weight excluding hydrogens is 807 g/mol. The van der Waals surface area contributed by atoms with Crippen molar-refractivity contribution < 1.29 is 4.42 Å². The minimum atomic E-state index is -0.316. The Morgan fingerprint density at radius 3 is 1.68 bits per heavy atom. The molecule has 6 heteroatoms. The molecule has 3 aromatic heterocycles. The van der Waals surface area contributed by atoms with Gasteiger partial charge in [0.25, 0.3) is 0 Å². The van der Waals surface area contributed by atoms with Crippen LogP contribution in [0, 0.1) is 0 Å². The molecule has 0 atom stereocenters. The number of aromatic nitrogens is 4. The van der Waals surface area contributed by atoms with E-state index in [1.807, 2.05) is 72.8 Å². The Kier molecular flexibility index (Phi) is 8.46. The van der Waals surface area contributed by atoms with Crippen LogP contribution in [0.4, 0.5) is 17.1 Å². The summed E-state index contributed by atoms with van der Waals surface area (Å²) in [6.45, 7) is 4.77. The number of rotatable bonds is 6. The highest BCUT2D eigenvalue weighted by Crippen LogP contribution is 2.55. The van der Waals surface area contributed by atoms with E-state index in [0.29, 0.717) is 17.5 Å². The lowest BCUT2D eigenvalue weighted by Gasteiger charge is -2.42. The maximum Gasteiger partial charge on any atom is 0.164 e. The average Bonchev–Trinajstić information content (AvgIpc) is 3.92. The Balaban J connectivity index is 1.04. The van der Waals surface area contributed by atoms with E-state index >= 15 is 0 Å². The first-order valence-electron chi connectivity index (χ1n) is 22.4. The lowest BCUT2D eigenvalue weighted by atomic mass is 9.72. The van der Waals surface area contributed by atoms with Crippen molar-refractivity contribution in [3.8, 4) is 51.0 Å². The van der Waals surface area contributed by atoms with E-state index < -0.39 is 0 Å². The molecule has 9 aromatic carbocycles. The molecule has 1 aliphatic rings. The zero-order valence-electron chi connectivity index (χ0n) is 36.4. The predicted octanol–water partition coefficient (Wildman–Crippen LogP) is 15.6. The van der Waals surface area contributed by atoms with E-state index in [0.717, 1.165) is 66.6 Å². The lowest BCUT2D eigenvalue weighted by molar-refractivity contribution is 0.638. The second-order valence-corrected chi connectivity index (χ2v) is 17.6. The first-order valence-corrected chi connectivity index (χ1v) is 22.4. The van der Waals surface area contributed by atoms with E-state index in [1.165, 1.54) is 38.8 Å². The average molecular weight is 848 g/mol. The van der Waals surface area contributed by atoms with Crippen LogP contribution in [-0.2, 0) is 5.41 Å². The molecule has 0 spiro atoms. The highest BCUT2D eigenvalue weighted by atomic mass is 16.3. The fourth-order valence-electron chi connectivity index (χ4n) is 10.4. The van der Waals surface area contributed by atoms with Gasteiger partial charge in [-0.2, -0.15) is 0 Å². The Labute approximate surface area is 381 Å². The summed E-state index contributed by atoms with van der Waals surface area (Å²) in [6, 6.07) is 74.9. The van der Waals surface area contributed by atoms with Crippen molar-refractivity contribution in [2.75, 3.05) is 4.90 Å². The van der Waals surface area contributed by atoms with Gasteiger partial charge in [0.2, 0.25) is 0 Å². The minimum Gasteiger partial charge on any atom is -0.456 e. The van der Waals surface area contributed by atoms with Crippen LogP contribution in [-0.4, -0.2) is 19.5 Å². The van der Waals surface area contributed by atoms with Crippen LogP contribution in [0.2, 0.25) is 0 Å². The summed E-state index contributed by atoms with van der Waals surface area (Å²) in [6.07, 6.45) is 0. The van der Waals surface area contributed by atoms with Gasteiger partial charge in [-0.25, -0.2) is 15.0 Å². The smallest absolute Gasteiger partial charge is 0.164 e. The SMILES string of the molecule is CC1(C)c2ccccc2N(c2ccccc2)c2ccc3c(c21)c1cc(-c2ccc4oc5cccc(-c6nc(-c7ccccc7)nc(-c7ccccc7)n6)c5c4c2)ccc1n3-c1ccccc1. The van der Waals surface area contributed by atoms with Crippen LogP contribution in [0.1, 0.15) is 25.0 Å². The van der Waals surface area contributed by atoms with Gasteiger partial charge in [-0.1, -0.05) is 153 Å². The Hall–Kier alpha value is -8.61. The van der Waals surface area contributed by atoms with Crippen molar-refractivity contribution in [3.63, 3.8) is 0 Å². The number of nitrogens with zero attached hydrogens (tertiary/aromatic N) is 5. The Morgan fingerprint density at radius 2 is 0.985 bits per heavy atom. The minimum absolute atomic E-state index is 0.316. The van der Waals surface area contributed by atoms with Gasteiger partial charge in [0.1, 0.15) is 11.2 Å². The number of furan rings is 1. The van der Waals surface area contributed by atoms with Gasteiger partial charge in [-0.05, 0) is 95.1 Å². The molecule has 4 heterocycles. The molecule has 13 rings (SSSR count). The van der Waals surface area contributed by atoms with Crippen LogP contribution < -0.4 is 4.90 Å². The van der Waals surface area contributed by atoms with E-state index in [4.69, 9.17) is 19.4 Å². The second kappa shape index (κ2) is 14.7. The molecule has 66 heavy (non-hydrogen) atoms. The van der Waals surface area contributed by atoms with E-state index in [9.17, 15) is 0 Å². The third-order valence-corrected chi connectivity index (χ3v) is 13.4. The summed E-state index contributed by atoms with van der Waals surface area (Å²) in [5.41, 5.74) is 15.8. The molecule has 312 valence electrons. The summed E-state index contributed by atoms with van der Waals surface area (Å²) in [4.78, 5) is 17.7. The van der Waals surface area contributed by atoms with Crippen LogP contribution in [0.3, 0.4) is 0 Å². The lowest BCUT2D eigenvalue weighted by Crippen LogP contribution is -2.30. The normalized spacial score (nSPS) is 13.1. The largest absolute Gasteiger partial charge is 0.456 e. The number of benzene rings is 9. The quantitative estimate of drug-likeness (QED) is 0.167. The van der Waals surface area contributed by atoms with Gasteiger partial charge in [-0.15, -0.1) is 0 Å². The number of hydrogen-bond donors (Lipinski definition) is 0. The zero-order valence-corrected chi connectivity index (χ0v) is 36.4. The maximum absolute atomic E-state index is 6.60. The molecule has 12 aromatic rings. The van der Waals surface area contributed by atoms with E-state index in [1.54, 1.807) is 0 Å². The van der Waals surface area contributed by atoms with Gasteiger partial charge in [0, 0.05) is 55.0 Å². The number of fused-ring (bicyclic) bond motifs is 9. The molecule has 0 N–H and O–H groups in total. The van der Waals surface area contributed by atoms with Crippen molar-refractivity contribution >= 4 is 60.8 Å². The summed E-state index contributed by atoms with van der Waals surface area (Å²) >= 11 is 0. The molecule has 0 unspecified atom stereocenters. The van der Waals surface area contributed by atoms with E-state index in [-0.39, 0.29) is 5.41 Å². The molecule has 1 aliphatic heterocycles. The molecule has 0 fully saturated rings. The Bertz CT molecular complexity index is 3780. The predicted molar refractivity (Wildman–Crippen MR) is 270 cm³/mol. The molecular formula is C60H41N5O. The third kappa shape index (κ3) is 5.85. The third-order valence-electron chi connectivity index (χ3n) is 13.4. The van der Waals surface area contributed by atoms with Crippen molar-refractivity contribution in [2.45, 2.75) is 19.3 Å². The summed E-state index contributed by atoms with van der Waals surface area (Å²) in [7, 11) is 0. The summed E-state index contributed by atoms with van der Waals surface area (Å²) in [5, 5.41) is 4.43. The molecule has 0 radical (unpaired) electrons. The first kappa shape index (κ1) is 37.9. The summed E-state index contributed by atoms with van der Waals surface area (Å²) in [5.74, 6) is 1.83. The fourth-order valence-corrected chi connectivity index (χ4v) is 10.4. The van der Waals surface area contributed by atoms with Crippen molar-refractivity contribution in [1.82, 2.24) is 19.5 Å². The van der Waals surface area contributed by atoms with Gasteiger partial charge < -0.3 is 13.9 Å². The summed E-state index contributed by atoms with van der Waals surface area (Å²) < 4.78 is 9.03. The van der Waals surface area contributed by atoms with Crippen LogP contribution in [0.25, 0.3) is 94.7 Å². The molecule has 0 bridgehead atoms. The van der Waals surface area contributed by atoms with Crippen LogP contribution >= 0.6 is 0 Å². The highest BCUT2D eigenvalue weighted by molar-refractivity contribution is 6.16. The highest BCUT2D eigenvalue weighted by Gasteiger charge is 2.39. The number of anilines is 3. The molecule has 0 aliphatic carbocycles. The molecule has 6 nitrogen and oxygen atoms in total. The van der Waals surface area contributed by atoms with Gasteiger partial charge >= 0.3 is 0 Å². The Morgan fingerprint density at radius 1 is 0.409 bits per heavy atom. The van der Waals surface area contributed by atoms with Crippen molar-refractivity contribution in [1.29, 1.82) is 0 Å². The standard InChI is InChI=1S/C60H41N5O/c1-60(2)47-27-15-16-28-49(47)65(43-24-13-6-14-25-43)51-34-33-50-55(56(51)60)45-36-40(30-32-48(45)64(50)42-22-11-5-12-23-42)41-31-35-52-46(37-41)54-44(26-17-29-53(54)66-52)59-62-57(38-18-7-3-8-19-38)61-58(63-59)39-20-9-4-10-21-39/h3-37H,1-2H3. The zero-order chi connectivity index (χ0) is 43.9. The second-order valence-electron chi connectivity index (χ2n) is 17.6. The van der Waals surface area contributed by atoms with Gasteiger partial charge in [0.15, 0.2) is 17.5 Å². The van der Waals surface area contributed by atoms with Crippen molar-refractivity contribution in [3.05, 3.63) is 223 Å². The number of hydrogen-bond acceptors (Lipinski definition) is 5. The van der Waals surface area contributed by atoms with Gasteiger partial charge in [-0.3, -0.25) is 0 Å². The van der Waals surface area contributed by atoms with Crippen molar-refractivity contribution in [2.24, 2.45) is 0 Å². The molecule has 0 saturated heterocycles. The van der Waals surface area contributed by atoms with Crippen LogP contribution in [0.15, 0.2) is 217 Å². The molecule has 0 amide bonds. The number of para-hydroxylation sites is 3. The maximum atomic E-state index is 6.60.